The molecule has 5 aromatic rings. The minimum absolute atomic E-state index is 0.102. The average Bonchev–Trinajstić information content (AvgIpc) is 3.54. The van der Waals surface area contributed by atoms with Gasteiger partial charge in [-0.05, 0) is 68.1 Å². The molecule has 0 N–H and O–H groups in total. The van der Waals surface area contributed by atoms with Gasteiger partial charge in [0, 0.05) is 44.0 Å². The predicted octanol–water partition coefficient (Wildman–Crippen LogP) is 5.33. The second-order valence-electron chi connectivity index (χ2n) is 10.8. The Kier molecular flexibility index (Phi) is 6.62. The Morgan fingerprint density at radius 1 is 1.00 bits per heavy atom. The van der Waals surface area contributed by atoms with Gasteiger partial charge >= 0.3 is 0 Å². The molecule has 2 fully saturated rings. The SMILES string of the molecule is CN(C(=O)c1cc(C(=O)N2CCC(n3cccn3)CC2)nc2ccc(OCc3nc4ccccc4s3)cc12)C1CC1. The Morgan fingerprint density at radius 2 is 1.83 bits per heavy atom. The molecule has 7 rings (SSSR count). The zero-order valence-corrected chi connectivity index (χ0v) is 23.6. The number of carbonyl (C=O) groups is 2. The van der Waals surface area contributed by atoms with Gasteiger partial charge in [-0.1, -0.05) is 12.1 Å². The molecular formula is C31H30N6O3S. The van der Waals surface area contributed by atoms with Crippen molar-refractivity contribution in [3.63, 3.8) is 0 Å². The Labute approximate surface area is 241 Å². The van der Waals surface area contributed by atoms with Crippen molar-refractivity contribution in [3.05, 3.63) is 83.3 Å². The van der Waals surface area contributed by atoms with Crippen LogP contribution in [0.1, 0.15) is 57.6 Å². The number of carbonyl (C=O) groups excluding carboxylic acids is 2. The molecule has 208 valence electrons. The molecule has 2 amide bonds. The third-order valence-electron chi connectivity index (χ3n) is 8.00. The van der Waals surface area contributed by atoms with Crippen LogP contribution in [0.15, 0.2) is 67.0 Å². The first kappa shape index (κ1) is 25.6. The lowest BCUT2D eigenvalue weighted by Gasteiger charge is -2.32. The molecule has 0 radical (unpaired) electrons. The van der Waals surface area contributed by atoms with Gasteiger partial charge in [0.05, 0.1) is 27.3 Å². The lowest BCUT2D eigenvalue weighted by Crippen LogP contribution is -2.39. The van der Waals surface area contributed by atoms with E-state index in [0.29, 0.717) is 47.6 Å². The summed E-state index contributed by atoms with van der Waals surface area (Å²) in [5.41, 5.74) is 2.33. The summed E-state index contributed by atoms with van der Waals surface area (Å²) in [6.45, 7) is 1.56. The van der Waals surface area contributed by atoms with Crippen LogP contribution in [0, 0.1) is 0 Å². The van der Waals surface area contributed by atoms with Gasteiger partial charge < -0.3 is 14.5 Å². The zero-order valence-electron chi connectivity index (χ0n) is 22.8. The summed E-state index contributed by atoms with van der Waals surface area (Å²) in [6.07, 6.45) is 7.40. The molecule has 1 aliphatic carbocycles. The van der Waals surface area contributed by atoms with E-state index in [4.69, 9.17) is 9.72 Å². The Morgan fingerprint density at radius 3 is 2.59 bits per heavy atom. The predicted molar refractivity (Wildman–Crippen MR) is 157 cm³/mol. The number of fused-ring (bicyclic) bond motifs is 2. The van der Waals surface area contributed by atoms with E-state index in [1.165, 1.54) is 0 Å². The van der Waals surface area contributed by atoms with Crippen LogP contribution in [-0.2, 0) is 6.61 Å². The minimum Gasteiger partial charge on any atom is -0.486 e. The van der Waals surface area contributed by atoms with Crippen LogP contribution >= 0.6 is 11.3 Å². The standard InChI is InChI=1S/C31H30N6O3S/c1-35(20-7-8-20)30(38)24-18-27(31(39)36-15-11-21(12-16-36)37-14-4-13-32-37)33-25-10-9-22(17-23(24)25)40-19-29-34-26-5-2-3-6-28(26)41-29/h2-6,9-10,13-14,17-18,20-21H,7-8,11-12,15-16,19H2,1H3. The quantitative estimate of drug-likeness (QED) is 0.264. The second kappa shape index (κ2) is 10.6. The molecule has 0 unspecified atom stereocenters. The normalized spacial score (nSPS) is 15.9. The number of nitrogens with zero attached hydrogens (tertiary/aromatic N) is 6. The van der Waals surface area contributed by atoms with Crippen LogP contribution in [-0.4, -0.2) is 67.5 Å². The fourth-order valence-corrected chi connectivity index (χ4v) is 6.40. The zero-order chi connectivity index (χ0) is 27.9. The molecule has 41 heavy (non-hydrogen) atoms. The maximum atomic E-state index is 13.7. The molecule has 2 aliphatic rings. The van der Waals surface area contributed by atoms with E-state index >= 15 is 0 Å². The van der Waals surface area contributed by atoms with E-state index in [-0.39, 0.29) is 23.9 Å². The van der Waals surface area contributed by atoms with Gasteiger partial charge in [0.1, 0.15) is 23.1 Å². The van der Waals surface area contributed by atoms with Crippen molar-refractivity contribution >= 4 is 44.3 Å². The third kappa shape index (κ3) is 5.15. The van der Waals surface area contributed by atoms with E-state index in [1.54, 1.807) is 28.5 Å². The lowest BCUT2D eigenvalue weighted by molar-refractivity contribution is 0.0684. The number of amides is 2. The molecule has 3 aromatic heterocycles. The summed E-state index contributed by atoms with van der Waals surface area (Å²) in [5, 5.41) is 5.92. The van der Waals surface area contributed by atoms with E-state index in [1.807, 2.05) is 71.4 Å². The molecular weight excluding hydrogens is 536 g/mol. The molecule has 0 bridgehead atoms. The summed E-state index contributed by atoms with van der Waals surface area (Å²) >= 11 is 1.60. The van der Waals surface area contributed by atoms with Gasteiger partial charge in [0.25, 0.3) is 11.8 Å². The van der Waals surface area contributed by atoms with Gasteiger partial charge in [-0.2, -0.15) is 5.10 Å². The van der Waals surface area contributed by atoms with Gasteiger partial charge in [0.2, 0.25) is 0 Å². The molecule has 10 heteroatoms. The van der Waals surface area contributed by atoms with Crippen LogP contribution < -0.4 is 4.74 Å². The average molecular weight is 567 g/mol. The van der Waals surface area contributed by atoms with Crippen molar-refractivity contribution in [1.29, 1.82) is 0 Å². The maximum absolute atomic E-state index is 13.7. The van der Waals surface area contributed by atoms with Crippen molar-refractivity contribution in [3.8, 4) is 5.75 Å². The Bertz CT molecular complexity index is 1700. The Balaban J connectivity index is 1.16. The van der Waals surface area contributed by atoms with E-state index in [9.17, 15) is 9.59 Å². The molecule has 9 nitrogen and oxygen atoms in total. The van der Waals surface area contributed by atoms with Crippen molar-refractivity contribution in [2.45, 2.75) is 44.4 Å². The number of para-hydroxylation sites is 1. The number of ether oxygens (including phenoxy) is 1. The number of benzene rings is 2. The second-order valence-corrected chi connectivity index (χ2v) is 11.9. The molecule has 1 saturated carbocycles. The van der Waals surface area contributed by atoms with Gasteiger partial charge in [-0.15, -0.1) is 11.3 Å². The number of hydrogen-bond acceptors (Lipinski definition) is 7. The third-order valence-corrected chi connectivity index (χ3v) is 9.01. The Hall–Kier alpha value is -4.31. The highest BCUT2D eigenvalue weighted by Gasteiger charge is 2.32. The van der Waals surface area contributed by atoms with Gasteiger partial charge in [-0.25, -0.2) is 9.97 Å². The maximum Gasteiger partial charge on any atom is 0.272 e. The highest BCUT2D eigenvalue weighted by atomic mass is 32.1. The highest BCUT2D eigenvalue weighted by molar-refractivity contribution is 7.18. The number of thiazole rings is 1. The van der Waals surface area contributed by atoms with E-state index < -0.39 is 0 Å². The minimum atomic E-state index is -0.148. The summed E-state index contributed by atoms with van der Waals surface area (Å²) in [5.74, 6) is 0.376. The first-order chi connectivity index (χ1) is 20.0. The molecule has 4 heterocycles. The fourth-order valence-electron chi connectivity index (χ4n) is 5.52. The summed E-state index contributed by atoms with van der Waals surface area (Å²) in [6, 6.07) is 17.7. The largest absolute Gasteiger partial charge is 0.486 e. The number of piperidine rings is 1. The van der Waals surface area contributed by atoms with Crippen LogP contribution in [0.2, 0.25) is 0 Å². The number of pyridine rings is 1. The van der Waals surface area contributed by atoms with Gasteiger partial charge in [0.15, 0.2) is 0 Å². The van der Waals surface area contributed by atoms with Crippen molar-refractivity contribution in [2.75, 3.05) is 20.1 Å². The van der Waals surface area contributed by atoms with Crippen LogP contribution in [0.5, 0.6) is 5.75 Å². The topological polar surface area (TPSA) is 93.5 Å². The number of rotatable bonds is 7. The molecule has 1 saturated heterocycles. The monoisotopic (exact) mass is 566 g/mol. The van der Waals surface area contributed by atoms with E-state index in [2.05, 4.69) is 10.1 Å². The van der Waals surface area contributed by atoms with Gasteiger partial charge in [-0.3, -0.25) is 14.3 Å². The fraction of sp³-hybridized carbons (Fsp3) is 0.323. The number of hydrogen-bond donors (Lipinski definition) is 0. The molecule has 0 spiro atoms. The van der Waals surface area contributed by atoms with Crippen LogP contribution in [0.4, 0.5) is 0 Å². The van der Waals surface area contributed by atoms with Crippen LogP contribution in [0.3, 0.4) is 0 Å². The lowest BCUT2D eigenvalue weighted by atomic mass is 10.0. The van der Waals surface area contributed by atoms with Crippen molar-refractivity contribution < 1.29 is 14.3 Å². The molecule has 1 aliphatic heterocycles. The summed E-state index contributed by atoms with van der Waals surface area (Å²) in [7, 11) is 1.83. The molecule has 0 atom stereocenters. The van der Waals surface area contributed by atoms with E-state index in [0.717, 1.165) is 40.9 Å². The van der Waals surface area contributed by atoms with Crippen molar-refractivity contribution in [1.82, 2.24) is 29.5 Å². The first-order valence-corrected chi connectivity index (χ1v) is 14.8. The number of aromatic nitrogens is 4. The summed E-state index contributed by atoms with van der Waals surface area (Å²) < 4.78 is 9.20. The van der Waals surface area contributed by atoms with Crippen LogP contribution in [0.25, 0.3) is 21.1 Å². The number of likely N-dealkylation sites (tertiary alicyclic amines) is 1. The first-order valence-electron chi connectivity index (χ1n) is 14.0. The summed E-state index contributed by atoms with van der Waals surface area (Å²) in [4.78, 5) is 40.3. The molecule has 2 aromatic carbocycles. The smallest absolute Gasteiger partial charge is 0.272 e. The van der Waals surface area contributed by atoms with Crippen molar-refractivity contribution in [2.24, 2.45) is 0 Å². The highest BCUT2D eigenvalue weighted by Crippen LogP contribution is 2.31.